The number of imide groups is 2. The zero-order valence-corrected chi connectivity index (χ0v) is 10.6. The third-order valence-corrected chi connectivity index (χ3v) is 3.46. The van der Waals surface area contributed by atoms with Crippen LogP contribution in [-0.4, -0.2) is 42.0 Å². The Morgan fingerprint density at radius 2 is 1.83 bits per heavy atom. The zero-order chi connectivity index (χ0) is 13.3. The summed E-state index contributed by atoms with van der Waals surface area (Å²) in [4.78, 5) is 37.0. The number of amides is 4. The number of hydrogen-bond donors (Lipinski definition) is 1. The van der Waals surface area contributed by atoms with E-state index < -0.39 is 17.9 Å². The molecule has 0 bridgehead atoms. The number of rotatable bonds is 2. The molecule has 18 heavy (non-hydrogen) atoms. The third-order valence-electron chi connectivity index (χ3n) is 3.46. The molecule has 0 saturated carbocycles. The smallest absolute Gasteiger partial charge is 0.331 e. The van der Waals surface area contributed by atoms with Gasteiger partial charge in [-0.15, -0.1) is 0 Å². The van der Waals surface area contributed by atoms with Gasteiger partial charge in [-0.3, -0.25) is 19.8 Å². The molecule has 100 valence electrons. The van der Waals surface area contributed by atoms with Crippen molar-refractivity contribution < 1.29 is 19.1 Å². The van der Waals surface area contributed by atoms with Crippen molar-refractivity contribution in [3.63, 3.8) is 0 Å². The second kappa shape index (κ2) is 5.06. The van der Waals surface area contributed by atoms with Gasteiger partial charge in [0.15, 0.2) is 0 Å². The molecule has 1 atom stereocenters. The van der Waals surface area contributed by atoms with E-state index in [1.54, 1.807) is 13.8 Å². The monoisotopic (exact) mass is 254 g/mol. The maximum atomic E-state index is 12.3. The molecular weight excluding hydrogens is 236 g/mol. The number of nitrogens with one attached hydrogen (secondary N) is 1. The Bertz CT molecular complexity index is 374. The van der Waals surface area contributed by atoms with Crippen molar-refractivity contribution in [3.8, 4) is 0 Å². The summed E-state index contributed by atoms with van der Waals surface area (Å²) in [5.74, 6) is -1.73. The van der Waals surface area contributed by atoms with Crippen LogP contribution in [0.3, 0.4) is 0 Å². The summed E-state index contributed by atoms with van der Waals surface area (Å²) in [5.41, 5.74) is 0. The van der Waals surface area contributed by atoms with Crippen molar-refractivity contribution in [2.75, 3.05) is 13.2 Å². The first-order valence-electron chi connectivity index (χ1n) is 6.28. The van der Waals surface area contributed by atoms with E-state index in [1.807, 2.05) is 0 Å². The van der Waals surface area contributed by atoms with Crippen LogP contribution in [-0.2, 0) is 14.3 Å². The highest BCUT2D eigenvalue weighted by molar-refractivity contribution is 6.16. The number of carbonyl (C=O) groups is 3. The van der Waals surface area contributed by atoms with Gasteiger partial charge in [-0.2, -0.15) is 0 Å². The Hall–Kier alpha value is -1.43. The molecule has 2 heterocycles. The number of urea groups is 1. The highest BCUT2D eigenvalue weighted by atomic mass is 16.5. The van der Waals surface area contributed by atoms with Crippen LogP contribution >= 0.6 is 0 Å². The molecule has 6 nitrogen and oxygen atoms in total. The molecule has 2 fully saturated rings. The fraction of sp³-hybridized carbons (Fsp3) is 0.750. The van der Waals surface area contributed by atoms with Crippen LogP contribution in [0.2, 0.25) is 0 Å². The number of hydrogen-bond acceptors (Lipinski definition) is 4. The van der Waals surface area contributed by atoms with Crippen molar-refractivity contribution in [1.29, 1.82) is 0 Å². The molecule has 0 aromatic rings. The maximum absolute atomic E-state index is 12.3. The summed E-state index contributed by atoms with van der Waals surface area (Å²) in [7, 11) is 0. The van der Waals surface area contributed by atoms with E-state index in [4.69, 9.17) is 4.74 Å². The van der Waals surface area contributed by atoms with Crippen molar-refractivity contribution in [1.82, 2.24) is 10.2 Å². The van der Waals surface area contributed by atoms with Crippen molar-refractivity contribution in [2.45, 2.75) is 32.7 Å². The highest BCUT2D eigenvalue weighted by Gasteiger charge is 2.44. The molecule has 0 aliphatic carbocycles. The molecular formula is C12H18N2O4. The molecule has 4 amide bonds. The highest BCUT2D eigenvalue weighted by Crippen LogP contribution is 2.24. The Morgan fingerprint density at radius 3 is 2.39 bits per heavy atom. The zero-order valence-electron chi connectivity index (χ0n) is 10.6. The average molecular weight is 254 g/mol. The van der Waals surface area contributed by atoms with Crippen LogP contribution in [0, 0.1) is 11.8 Å². The Labute approximate surface area is 106 Å². The number of nitrogens with zero attached hydrogens (tertiary/aromatic N) is 1. The molecule has 6 heteroatoms. The van der Waals surface area contributed by atoms with Crippen LogP contribution in [0.1, 0.15) is 26.7 Å². The van der Waals surface area contributed by atoms with Gasteiger partial charge in [0.2, 0.25) is 11.8 Å². The van der Waals surface area contributed by atoms with E-state index in [0.717, 1.165) is 0 Å². The molecule has 2 aliphatic rings. The third kappa shape index (κ3) is 2.25. The summed E-state index contributed by atoms with van der Waals surface area (Å²) in [6.07, 6.45) is 1.27. The largest absolute Gasteiger partial charge is 0.381 e. The summed E-state index contributed by atoms with van der Waals surface area (Å²) in [6.45, 7) is 4.70. The molecule has 2 aliphatic heterocycles. The minimum Gasteiger partial charge on any atom is -0.381 e. The molecule has 0 radical (unpaired) electrons. The van der Waals surface area contributed by atoms with E-state index in [-0.39, 0.29) is 17.9 Å². The first kappa shape index (κ1) is 13.0. The van der Waals surface area contributed by atoms with Gasteiger partial charge in [0.05, 0.1) is 0 Å². The van der Waals surface area contributed by atoms with Gasteiger partial charge in [-0.25, -0.2) is 4.79 Å². The van der Waals surface area contributed by atoms with E-state index in [0.29, 0.717) is 26.1 Å². The van der Waals surface area contributed by atoms with Gasteiger partial charge in [0.1, 0.15) is 5.92 Å². The fourth-order valence-corrected chi connectivity index (χ4v) is 2.48. The van der Waals surface area contributed by atoms with E-state index in [1.165, 1.54) is 4.90 Å². The van der Waals surface area contributed by atoms with Gasteiger partial charge in [0, 0.05) is 19.3 Å². The lowest BCUT2D eigenvalue weighted by atomic mass is 9.90. The molecule has 0 aromatic carbocycles. The summed E-state index contributed by atoms with van der Waals surface area (Å²) in [6, 6.07) is -0.741. The molecule has 0 spiro atoms. The van der Waals surface area contributed by atoms with E-state index in [2.05, 4.69) is 5.32 Å². The van der Waals surface area contributed by atoms with Crippen LogP contribution < -0.4 is 5.32 Å². The van der Waals surface area contributed by atoms with Gasteiger partial charge < -0.3 is 4.74 Å². The van der Waals surface area contributed by atoms with Crippen molar-refractivity contribution in [2.24, 2.45) is 11.8 Å². The lowest BCUT2D eigenvalue weighted by Gasteiger charge is -2.38. The quantitative estimate of drug-likeness (QED) is 0.729. The molecule has 1 N–H and O–H groups in total. The van der Waals surface area contributed by atoms with Crippen LogP contribution in [0.4, 0.5) is 4.79 Å². The topological polar surface area (TPSA) is 75.7 Å². The van der Waals surface area contributed by atoms with E-state index >= 15 is 0 Å². The minimum absolute atomic E-state index is 0.118. The SMILES string of the molecule is CC(C)C1C(=O)NC(=O)N(C2CCOCC2)C1=O. The van der Waals surface area contributed by atoms with Crippen molar-refractivity contribution in [3.05, 3.63) is 0 Å². The minimum atomic E-state index is -0.759. The summed E-state index contributed by atoms with van der Waals surface area (Å²) in [5, 5.41) is 2.27. The van der Waals surface area contributed by atoms with Gasteiger partial charge in [-0.05, 0) is 18.8 Å². The molecule has 0 aromatic heterocycles. The molecule has 2 saturated heterocycles. The fourth-order valence-electron chi connectivity index (χ4n) is 2.48. The maximum Gasteiger partial charge on any atom is 0.331 e. The summed E-state index contributed by atoms with van der Waals surface area (Å²) < 4.78 is 5.22. The lowest BCUT2D eigenvalue weighted by Crippen LogP contribution is -2.62. The second-order valence-electron chi connectivity index (χ2n) is 5.07. The predicted octanol–water partition coefficient (Wildman–Crippen LogP) is 0.516. The Balaban J connectivity index is 2.20. The number of barbiturate groups is 1. The lowest BCUT2D eigenvalue weighted by molar-refractivity contribution is -0.147. The van der Waals surface area contributed by atoms with E-state index in [9.17, 15) is 14.4 Å². The molecule has 1 unspecified atom stereocenters. The number of ether oxygens (including phenoxy) is 1. The van der Waals surface area contributed by atoms with Crippen molar-refractivity contribution >= 4 is 17.8 Å². The van der Waals surface area contributed by atoms with Crippen LogP contribution in [0.15, 0.2) is 0 Å². The number of carbonyl (C=O) groups excluding carboxylic acids is 3. The van der Waals surface area contributed by atoms with Gasteiger partial charge >= 0.3 is 6.03 Å². The Morgan fingerprint density at radius 1 is 1.22 bits per heavy atom. The normalized spacial score (nSPS) is 26.7. The van der Waals surface area contributed by atoms with Crippen LogP contribution in [0.5, 0.6) is 0 Å². The average Bonchev–Trinajstić information content (AvgIpc) is 2.28. The Kier molecular flexibility index (Phi) is 3.65. The first-order valence-corrected chi connectivity index (χ1v) is 6.28. The standard InChI is InChI=1S/C12H18N2O4/c1-7(2)9-10(15)13-12(17)14(11(9)16)8-3-5-18-6-4-8/h7-9H,3-6H2,1-2H3,(H,13,15,17). The van der Waals surface area contributed by atoms with Gasteiger partial charge in [-0.1, -0.05) is 13.8 Å². The first-order chi connectivity index (χ1) is 8.52. The predicted molar refractivity (Wildman–Crippen MR) is 62.6 cm³/mol. The second-order valence-corrected chi connectivity index (χ2v) is 5.07. The summed E-state index contributed by atoms with van der Waals surface area (Å²) >= 11 is 0. The van der Waals surface area contributed by atoms with Gasteiger partial charge in [0.25, 0.3) is 0 Å². The molecule has 2 rings (SSSR count). The van der Waals surface area contributed by atoms with Crippen LogP contribution in [0.25, 0.3) is 0 Å².